The van der Waals surface area contributed by atoms with Crippen molar-refractivity contribution in [2.45, 2.75) is 31.4 Å². The van der Waals surface area contributed by atoms with E-state index in [4.69, 9.17) is 16.3 Å². The molecule has 0 bridgehead atoms. The van der Waals surface area contributed by atoms with Crippen LogP contribution in [0.15, 0.2) is 30.5 Å². The van der Waals surface area contributed by atoms with Gasteiger partial charge in [-0.3, -0.25) is 4.40 Å². The van der Waals surface area contributed by atoms with E-state index < -0.39 is 12.6 Å². The molecular weight excluding hydrogens is 423 g/mol. The fourth-order valence-corrected chi connectivity index (χ4v) is 4.32. The minimum atomic E-state index is -4.39. The number of hydrogen-bond donors (Lipinski definition) is 0. The largest absolute Gasteiger partial charge is 0.496 e. The quantitative estimate of drug-likeness (QED) is 0.533. The van der Waals surface area contributed by atoms with Crippen LogP contribution in [0, 0.1) is 5.82 Å². The third kappa shape index (κ3) is 3.90. The normalized spacial score (nSPS) is 15.7. The van der Waals surface area contributed by atoms with Crippen molar-refractivity contribution in [1.29, 1.82) is 0 Å². The molecule has 3 aromatic rings. The number of anilines is 1. The van der Waals surface area contributed by atoms with Crippen molar-refractivity contribution in [1.82, 2.24) is 14.6 Å². The van der Waals surface area contributed by atoms with Gasteiger partial charge in [0.25, 0.3) is 0 Å². The number of aromatic nitrogens is 3. The van der Waals surface area contributed by atoms with Gasteiger partial charge >= 0.3 is 6.18 Å². The Balaban J connectivity index is 1.55. The van der Waals surface area contributed by atoms with Gasteiger partial charge in [0.05, 0.1) is 12.8 Å². The number of hydrogen-bond acceptors (Lipinski definition) is 4. The fourth-order valence-electron chi connectivity index (χ4n) is 4.01. The predicted molar refractivity (Wildman–Crippen MR) is 105 cm³/mol. The van der Waals surface area contributed by atoms with Crippen molar-refractivity contribution in [3.05, 3.63) is 52.7 Å². The Kier molecular flexibility index (Phi) is 5.48. The first-order chi connectivity index (χ1) is 14.3. The fraction of sp³-hybridized carbons (Fsp3) is 0.400. The van der Waals surface area contributed by atoms with Gasteiger partial charge in [-0.15, -0.1) is 10.2 Å². The maximum atomic E-state index is 14.4. The van der Waals surface area contributed by atoms with Gasteiger partial charge in [-0.05, 0) is 37.0 Å². The number of piperidine rings is 1. The molecule has 1 aliphatic rings. The molecule has 5 nitrogen and oxygen atoms in total. The summed E-state index contributed by atoms with van der Waals surface area (Å²) in [7, 11) is 1.52. The van der Waals surface area contributed by atoms with Crippen LogP contribution in [-0.4, -0.2) is 41.0 Å². The molecular formula is C20H19ClF4N4O. The molecule has 1 saturated heterocycles. The molecule has 0 unspecified atom stereocenters. The number of halogens is 5. The van der Waals surface area contributed by atoms with Crippen molar-refractivity contribution in [3.8, 4) is 5.75 Å². The van der Waals surface area contributed by atoms with Crippen LogP contribution in [0.4, 0.5) is 23.2 Å². The maximum absolute atomic E-state index is 14.4. The molecule has 0 N–H and O–H groups in total. The van der Waals surface area contributed by atoms with E-state index in [1.807, 2.05) is 4.90 Å². The minimum Gasteiger partial charge on any atom is -0.496 e. The molecule has 30 heavy (non-hydrogen) atoms. The minimum absolute atomic E-state index is 0.00591. The molecule has 2 aromatic heterocycles. The standard InChI is InChI=1S/C20H19ClF4N4O/c1-30-15-4-2-3-13(22)17(15)12-5-8-28(9-6-12)14-7-10-29-16(11-20(23,24)25)26-27-19(29)18(14)21/h2-4,7,10,12H,5-6,8-9,11H2,1H3/i1-1. The van der Waals surface area contributed by atoms with E-state index in [0.29, 0.717) is 42.9 Å². The number of benzene rings is 1. The molecule has 0 atom stereocenters. The summed E-state index contributed by atoms with van der Waals surface area (Å²) in [5, 5.41) is 7.74. The van der Waals surface area contributed by atoms with Crippen molar-refractivity contribution >= 4 is 22.9 Å². The number of nitrogens with zero attached hydrogens (tertiary/aromatic N) is 4. The Labute approximate surface area is 175 Å². The van der Waals surface area contributed by atoms with Gasteiger partial charge in [0, 0.05) is 24.8 Å². The average molecular weight is 442 g/mol. The van der Waals surface area contributed by atoms with Crippen LogP contribution in [0.1, 0.15) is 30.1 Å². The van der Waals surface area contributed by atoms with E-state index in [-0.39, 0.29) is 28.2 Å². The molecule has 4 rings (SSSR count). The zero-order valence-electron chi connectivity index (χ0n) is 16.1. The third-order valence-corrected chi connectivity index (χ3v) is 5.77. The molecule has 0 aliphatic carbocycles. The Morgan fingerprint density at radius 2 is 1.90 bits per heavy atom. The molecule has 1 fully saturated rings. The van der Waals surface area contributed by atoms with E-state index in [1.165, 1.54) is 23.8 Å². The average Bonchev–Trinajstić information content (AvgIpc) is 3.10. The monoisotopic (exact) mass is 441 g/mol. The molecule has 0 radical (unpaired) electrons. The van der Waals surface area contributed by atoms with Gasteiger partial charge in [-0.1, -0.05) is 17.7 Å². The van der Waals surface area contributed by atoms with E-state index in [2.05, 4.69) is 10.2 Å². The lowest BCUT2D eigenvalue weighted by atomic mass is 9.88. The summed E-state index contributed by atoms with van der Waals surface area (Å²) in [4.78, 5) is 2.03. The van der Waals surface area contributed by atoms with Crippen LogP contribution in [0.25, 0.3) is 5.65 Å². The lowest BCUT2D eigenvalue weighted by molar-refractivity contribution is -0.128. The number of rotatable bonds is 4. The lowest BCUT2D eigenvalue weighted by Crippen LogP contribution is -2.33. The van der Waals surface area contributed by atoms with Gasteiger partial charge in [0.2, 0.25) is 0 Å². The molecule has 0 amide bonds. The van der Waals surface area contributed by atoms with Crippen molar-refractivity contribution in [3.63, 3.8) is 0 Å². The highest BCUT2D eigenvalue weighted by Crippen LogP contribution is 2.39. The van der Waals surface area contributed by atoms with E-state index in [1.54, 1.807) is 18.2 Å². The zero-order valence-corrected chi connectivity index (χ0v) is 16.8. The molecule has 160 valence electrons. The highest BCUT2D eigenvalue weighted by atomic mass is 35.5. The lowest BCUT2D eigenvalue weighted by Gasteiger charge is -2.34. The van der Waals surface area contributed by atoms with E-state index in [9.17, 15) is 17.6 Å². The summed E-state index contributed by atoms with van der Waals surface area (Å²) in [5.41, 5.74) is 1.44. The number of alkyl halides is 3. The smallest absolute Gasteiger partial charge is 0.396 e. The van der Waals surface area contributed by atoms with Crippen molar-refractivity contribution in [2.24, 2.45) is 0 Å². The van der Waals surface area contributed by atoms with Gasteiger partial charge < -0.3 is 9.64 Å². The molecule has 10 heteroatoms. The Hall–Kier alpha value is -2.55. The molecule has 3 heterocycles. The summed E-state index contributed by atoms with van der Waals surface area (Å²) in [5.74, 6) is 0.0455. The Morgan fingerprint density at radius 1 is 1.17 bits per heavy atom. The summed E-state index contributed by atoms with van der Waals surface area (Å²) >= 11 is 6.46. The summed E-state index contributed by atoms with van der Waals surface area (Å²) in [6, 6.07) is 6.47. The Bertz CT molecular complexity index is 1060. The summed E-state index contributed by atoms with van der Waals surface area (Å²) < 4.78 is 59.1. The van der Waals surface area contributed by atoms with Gasteiger partial charge in [0.15, 0.2) is 5.65 Å². The van der Waals surface area contributed by atoms with Crippen LogP contribution in [0.5, 0.6) is 5.75 Å². The first-order valence-electron chi connectivity index (χ1n) is 9.44. The number of pyridine rings is 1. The highest BCUT2D eigenvalue weighted by Gasteiger charge is 2.31. The Morgan fingerprint density at radius 3 is 2.57 bits per heavy atom. The SMILES string of the molecule is [11CH3]Oc1cccc(F)c1C1CCN(c2ccn3c(CC(F)(F)F)nnc3c2Cl)CC1. The second kappa shape index (κ2) is 7.94. The van der Waals surface area contributed by atoms with Crippen molar-refractivity contribution in [2.75, 3.05) is 25.1 Å². The number of ether oxygens (including phenoxy) is 1. The topological polar surface area (TPSA) is 42.7 Å². The summed E-state index contributed by atoms with van der Waals surface area (Å²) in [6.07, 6.45) is -2.69. The number of fused-ring (bicyclic) bond motifs is 1. The van der Waals surface area contributed by atoms with E-state index >= 15 is 0 Å². The van der Waals surface area contributed by atoms with Gasteiger partial charge in [0.1, 0.15) is 28.8 Å². The third-order valence-electron chi connectivity index (χ3n) is 5.40. The molecule has 0 saturated carbocycles. The second-order valence-corrected chi connectivity index (χ2v) is 7.61. The molecule has 0 spiro atoms. The first-order valence-corrected chi connectivity index (χ1v) is 9.82. The van der Waals surface area contributed by atoms with Crippen molar-refractivity contribution < 1.29 is 22.3 Å². The van der Waals surface area contributed by atoms with Crippen LogP contribution >= 0.6 is 11.6 Å². The predicted octanol–water partition coefficient (Wildman–Crippen LogP) is 5.02. The van der Waals surface area contributed by atoms with E-state index in [0.717, 1.165) is 0 Å². The highest BCUT2D eigenvalue weighted by molar-refractivity contribution is 6.36. The first kappa shape index (κ1) is 20.7. The number of methoxy groups -OCH3 is 1. The zero-order chi connectivity index (χ0) is 21.5. The van der Waals surface area contributed by atoms with Crippen LogP contribution in [-0.2, 0) is 6.42 Å². The molecule has 1 aliphatic heterocycles. The second-order valence-electron chi connectivity index (χ2n) is 7.23. The van der Waals surface area contributed by atoms with Gasteiger partial charge in [-0.25, -0.2) is 4.39 Å². The van der Waals surface area contributed by atoms with Gasteiger partial charge in [-0.2, -0.15) is 13.2 Å². The van der Waals surface area contributed by atoms with Crippen LogP contribution in [0.2, 0.25) is 5.02 Å². The molecule has 1 aromatic carbocycles. The summed E-state index contributed by atoms with van der Waals surface area (Å²) in [6.45, 7) is 1.23. The maximum Gasteiger partial charge on any atom is 0.396 e. The van der Waals surface area contributed by atoms with Crippen LogP contribution in [0.3, 0.4) is 0 Å². The van der Waals surface area contributed by atoms with Crippen LogP contribution < -0.4 is 9.64 Å².